The van der Waals surface area contributed by atoms with Gasteiger partial charge in [0.25, 0.3) is 0 Å². The second kappa shape index (κ2) is 4.76. The quantitative estimate of drug-likeness (QED) is 0.875. The normalized spacial score (nSPS) is 22.9. The fraction of sp³-hybridized carbons (Fsp3) is 0.571. The summed E-state index contributed by atoms with van der Waals surface area (Å²) in [6, 6.07) is 5.15. The van der Waals surface area contributed by atoms with Crippen LogP contribution in [0, 0.1) is 5.82 Å². The second-order valence-electron chi connectivity index (χ2n) is 5.56. The first kappa shape index (κ1) is 13.1. The van der Waals surface area contributed by atoms with Crippen LogP contribution in [-0.2, 0) is 0 Å². The summed E-state index contributed by atoms with van der Waals surface area (Å²) in [5.74, 6) is 0.496. The van der Waals surface area contributed by atoms with Gasteiger partial charge in [0, 0.05) is 30.7 Å². The molecular formula is C14H21FN2O. The average molecular weight is 252 g/mol. The van der Waals surface area contributed by atoms with Crippen LogP contribution in [0.15, 0.2) is 18.2 Å². The molecular weight excluding hydrogens is 231 g/mol. The third kappa shape index (κ3) is 2.58. The predicted octanol–water partition coefficient (Wildman–Crippen LogP) is 2.41. The fourth-order valence-electron chi connectivity index (χ4n) is 2.33. The predicted molar refractivity (Wildman–Crippen MR) is 71.8 cm³/mol. The van der Waals surface area contributed by atoms with Crippen molar-refractivity contribution in [2.24, 2.45) is 0 Å². The van der Waals surface area contributed by atoms with Crippen LogP contribution in [0.3, 0.4) is 0 Å². The summed E-state index contributed by atoms with van der Waals surface area (Å²) in [6.45, 7) is 7.98. The van der Waals surface area contributed by atoms with Crippen molar-refractivity contribution in [2.75, 3.05) is 25.1 Å². The van der Waals surface area contributed by atoms with Gasteiger partial charge in [0.1, 0.15) is 11.6 Å². The summed E-state index contributed by atoms with van der Waals surface area (Å²) in [5.41, 5.74) is 0.610. The lowest BCUT2D eigenvalue weighted by Crippen LogP contribution is -2.61. The minimum absolute atomic E-state index is 0.0119. The zero-order chi connectivity index (χ0) is 13.3. The first-order valence-corrected chi connectivity index (χ1v) is 6.28. The molecule has 0 spiro atoms. The molecule has 1 aliphatic rings. The van der Waals surface area contributed by atoms with Crippen LogP contribution in [0.25, 0.3) is 0 Å². The van der Waals surface area contributed by atoms with Crippen molar-refractivity contribution in [1.82, 2.24) is 5.32 Å². The van der Waals surface area contributed by atoms with Crippen LogP contribution in [-0.4, -0.2) is 31.8 Å². The van der Waals surface area contributed by atoms with Gasteiger partial charge in [-0.2, -0.15) is 0 Å². The van der Waals surface area contributed by atoms with Crippen LogP contribution in [0.2, 0.25) is 0 Å². The van der Waals surface area contributed by atoms with Crippen molar-refractivity contribution in [1.29, 1.82) is 0 Å². The van der Waals surface area contributed by atoms with Crippen molar-refractivity contribution in [2.45, 2.75) is 32.4 Å². The third-order valence-electron chi connectivity index (χ3n) is 3.44. The highest BCUT2D eigenvalue weighted by molar-refractivity contribution is 5.53. The molecule has 0 radical (unpaired) electrons. The van der Waals surface area contributed by atoms with E-state index in [9.17, 15) is 4.39 Å². The molecule has 0 amide bonds. The molecule has 1 aromatic carbocycles. The van der Waals surface area contributed by atoms with E-state index in [0.29, 0.717) is 11.4 Å². The Morgan fingerprint density at radius 2 is 2.17 bits per heavy atom. The van der Waals surface area contributed by atoms with Gasteiger partial charge in [-0.15, -0.1) is 0 Å². The smallest absolute Gasteiger partial charge is 0.146 e. The molecule has 0 saturated carbocycles. The van der Waals surface area contributed by atoms with Crippen LogP contribution in [0.4, 0.5) is 10.1 Å². The van der Waals surface area contributed by atoms with E-state index in [0.717, 1.165) is 13.1 Å². The standard InChI is InChI=1S/C14H21FN2O/c1-10-8-16-14(2,3)9-17(10)13-7-11(18-4)5-6-12(13)15/h5-7,10,16H,8-9H2,1-4H3. The number of hydrogen-bond acceptors (Lipinski definition) is 3. The molecule has 1 N–H and O–H groups in total. The van der Waals surface area contributed by atoms with E-state index in [2.05, 4.69) is 31.0 Å². The zero-order valence-electron chi connectivity index (χ0n) is 11.5. The lowest BCUT2D eigenvalue weighted by atomic mass is 9.98. The van der Waals surface area contributed by atoms with Gasteiger partial charge >= 0.3 is 0 Å². The summed E-state index contributed by atoms with van der Waals surface area (Å²) in [6.07, 6.45) is 0. The molecule has 3 nitrogen and oxygen atoms in total. The number of hydrogen-bond donors (Lipinski definition) is 1. The van der Waals surface area contributed by atoms with Crippen molar-refractivity contribution in [3.8, 4) is 5.75 Å². The Bertz CT molecular complexity index is 434. The molecule has 1 fully saturated rings. The third-order valence-corrected chi connectivity index (χ3v) is 3.44. The highest BCUT2D eigenvalue weighted by Gasteiger charge is 2.31. The largest absolute Gasteiger partial charge is 0.497 e. The van der Waals surface area contributed by atoms with Gasteiger partial charge in [0.15, 0.2) is 0 Å². The van der Waals surface area contributed by atoms with Crippen molar-refractivity contribution < 1.29 is 9.13 Å². The molecule has 0 aromatic heterocycles. The van der Waals surface area contributed by atoms with Gasteiger partial charge in [0.2, 0.25) is 0 Å². The number of piperazine rings is 1. The van der Waals surface area contributed by atoms with Gasteiger partial charge in [-0.1, -0.05) is 0 Å². The molecule has 1 aromatic rings. The monoisotopic (exact) mass is 252 g/mol. The Kier molecular flexibility index (Phi) is 3.48. The van der Waals surface area contributed by atoms with E-state index in [1.807, 2.05) is 0 Å². The molecule has 0 bridgehead atoms. The van der Waals surface area contributed by atoms with E-state index in [1.165, 1.54) is 6.07 Å². The van der Waals surface area contributed by atoms with Crippen LogP contribution >= 0.6 is 0 Å². The highest BCUT2D eigenvalue weighted by atomic mass is 19.1. The molecule has 1 aliphatic heterocycles. The van der Waals surface area contributed by atoms with Gasteiger partial charge < -0.3 is 15.0 Å². The van der Waals surface area contributed by atoms with Crippen LogP contribution in [0.5, 0.6) is 5.75 Å². The number of nitrogens with one attached hydrogen (secondary N) is 1. The lowest BCUT2D eigenvalue weighted by molar-refractivity contribution is 0.316. The molecule has 0 aliphatic carbocycles. The summed E-state index contributed by atoms with van der Waals surface area (Å²) in [5, 5.41) is 3.46. The van der Waals surface area contributed by atoms with Gasteiger partial charge in [0.05, 0.1) is 12.8 Å². The minimum Gasteiger partial charge on any atom is -0.497 e. The van der Waals surface area contributed by atoms with E-state index < -0.39 is 0 Å². The number of ether oxygens (including phenoxy) is 1. The van der Waals surface area contributed by atoms with Gasteiger partial charge in [-0.25, -0.2) is 4.39 Å². The number of methoxy groups -OCH3 is 1. The summed E-state index contributed by atoms with van der Waals surface area (Å²) in [7, 11) is 1.60. The Labute approximate surface area is 108 Å². The molecule has 100 valence electrons. The molecule has 18 heavy (non-hydrogen) atoms. The van der Waals surface area contributed by atoms with E-state index >= 15 is 0 Å². The summed E-state index contributed by atoms with van der Waals surface area (Å²) < 4.78 is 19.2. The number of benzene rings is 1. The zero-order valence-corrected chi connectivity index (χ0v) is 11.5. The number of nitrogens with zero attached hydrogens (tertiary/aromatic N) is 1. The average Bonchev–Trinajstić information content (AvgIpc) is 2.33. The molecule has 4 heteroatoms. The highest BCUT2D eigenvalue weighted by Crippen LogP contribution is 2.29. The van der Waals surface area contributed by atoms with Crippen molar-refractivity contribution in [3.63, 3.8) is 0 Å². The molecule has 1 heterocycles. The Morgan fingerprint density at radius 3 is 2.83 bits per heavy atom. The summed E-state index contributed by atoms with van der Waals surface area (Å²) in [4.78, 5) is 2.11. The van der Waals surface area contributed by atoms with E-state index in [-0.39, 0.29) is 17.4 Å². The van der Waals surface area contributed by atoms with Crippen molar-refractivity contribution >= 4 is 5.69 Å². The lowest BCUT2D eigenvalue weighted by Gasteiger charge is -2.44. The van der Waals surface area contributed by atoms with Crippen LogP contribution < -0.4 is 15.0 Å². The SMILES string of the molecule is COc1ccc(F)c(N2CC(C)(C)NCC2C)c1. The maximum Gasteiger partial charge on any atom is 0.146 e. The fourth-order valence-corrected chi connectivity index (χ4v) is 2.33. The Hall–Kier alpha value is -1.29. The second-order valence-corrected chi connectivity index (χ2v) is 5.56. The Balaban J connectivity index is 2.34. The van der Waals surface area contributed by atoms with Gasteiger partial charge in [-0.3, -0.25) is 0 Å². The van der Waals surface area contributed by atoms with Crippen molar-refractivity contribution in [3.05, 3.63) is 24.0 Å². The first-order valence-electron chi connectivity index (χ1n) is 6.28. The van der Waals surface area contributed by atoms with Crippen LogP contribution in [0.1, 0.15) is 20.8 Å². The van der Waals surface area contributed by atoms with E-state index in [1.54, 1.807) is 19.2 Å². The van der Waals surface area contributed by atoms with E-state index in [4.69, 9.17) is 4.74 Å². The topological polar surface area (TPSA) is 24.5 Å². The number of anilines is 1. The number of rotatable bonds is 2. The molecule has 2 rings (SSSR count). The molecule has 1 unspecified atom stereocenters. The van der Waals surface area contributed by atoms with Gasteiger partial charge in [-0.05, 0) is 32.9 Å². The number of halogens is 1. The Morgan fingerprint density at radius 1 is 1.44 bits per heavy atom. The maximum atomic E-state index is 14.0. The summed E-state index contributed by atoms with van der Waals surface area (Å²) >= 11 is 0. The molecule has 1 saturated heterocycles. The first-order chi connectivity index (χ1) is 8.43. The minimum atomic E-state index is -0.194. The maximum absolute atomic E-state index is 14.0. The molecule has 1 atom stereocenters.